The number of aliphatic imine (C=N–C) groups is 1. The fraction of sp³-hybridized carbons (Fsp3) is 0.600. The molecule has 7 heteroatoms. The van der Waals surface area contributed by atoms with Crippen LogP contribution in [-0.2, 0) is 22.6 Å². The molecule has 1 amide bonds. The van der Waals surface area contributed by atoms with Crippen molar-refractivity contribution in [3.63, 3.8) is 0 Å². The zero-order valence-corrected chi connectivity index (χ0v) is 16.5. The standard InChI is InChI=1S/C20H33N5O2/c1-3-22-20(23-9-11-27-2)24-13-16-6-4-7-17(12-16)14-25-10-5-8-18(15-25)19(21)26/h4,6-7,12,18H,3,5,8-11,13-15H2,1-2H3,(H2,21,26)(H2,22,23,24). The molecule has 27 heavy (non-hydrogen) atoms. The Hall–Kier alpha value is -2.12. The minimum Gasteiger partial charge on any atom is -0.383 e. The largest absolute Gasteiger partial charge is 0.383 e. The lowest BCUT2D eigenvalue weighted by atomic mass is 9.97. The third-order valence-corrected chi connectivity index (χ3v) is 4.67. The van der Waals surface area contributed by atoms with Crippen molar-refractivity contribution in [2.75, 3.05) is 39.9 Å². The van der Waals surface area contributed by atoms with E-state index in [2.05, 4.69) is 44.8 Å². The van der Waals surface area contributed by atoms with Gasteiger partial charge in [0, 0.05) is 33.3 Å². The summed E-state index contributed by atoms with van der Waals surface area (Å²) in [6, 6.07) is 8.48. The Bertz CT molecular complexity index is 620. The summed E-state index contributed by atoms with van der Waals surface area (Å²) in [4.78, 5) is 18.4. The summed E-state index contributed by atoms with van der Waals surface area (Å²) in [5.74, 6) is 0.590. The van der Waals surface area contributed by atoms with E-state index >= 15 is 0 Å². The number of carbonyl (C=O) groups excluding carboxylic acids is 1. The summed E-state index contributed by atoms with van der Waals surface area (Å²) in [7, 11) is 1.69. The number of ether oxygens (including phenoxy) is 1. The van der Waals surface area contributed by atoms with Gasteiger partial charge in [-0.05, 0) is 37.4 Å². The minimum absolute atomic E-state index is 0.0209. The lowest BCUT2D eigenvalue weighted by Gasteiger charge is -2.31. The van der Waals surface area contributed by atoms with Crippen molar-refractivity contribution in [3.8, 4) is 0 Å². The van der Waals surface area contributed by atoms with Gasteiger partial charge in [-0.25, -0.2) is 4.99 Å². The van der Waals surface area contributed by atoms with E-state index in [0.29, 0.717) is 13.2 Å². The van der Waals surface area contributed by atoms with Crippen LogP contribution in [0, 0.1) is 5.92 Å². The zero-order chi connectivity index (χ0) is 19.5. The molecule has 0 aromatic heterocycles. The molecule has 1 atom stereocenters. The maximum absolute atomic E-state index is 11.5. The number of hydrogen-bond donors (Lipinski definition) is 3. The Balaban J connectivity index is 1.93. The number of hydrogen-bond acceptors (Lipinski definition) is 4. The Morgan fingerprint density at radius 3 is 2.93 bits per heavy atom. The van der Waals surface area contributed by atoms with Gasteiger partial charge >= 0.3 is 0 Å². The molecule has 1 unspecified atom stereocenters. The first kappa shape index (κ1) is 21.2. The highest BCUT2D eigenvalue weighted by Crippen LogP contribution is 2.19. The molecular formula is C20H33N5O2. The highest BCUT2D eigenvalue weighted by molar-refractivity contribution is 5.79. The van der Waals surface area contributed by atoms with E-state index in [-0.39, 0.29) is 11.8 Å². The van der Waals surface area contributed by atoms with Crippen LogP contribution in [0.15, 0.2) is 29.3 Å². The van der Waals surface area contributed by atoms with Gasteiger partial charge in [0.25, 0.3) is 0 Å². The van der Waals surface area contributed by atoms with E-state index in [0.717, 1.165) is 51.5 Å². The highest BCUT2D eigenvalue weighted by Gasteiger charge is 2.23. The summed E-state index contributed by atoms with van der Waals surface area (Å²) in [6.07, 6.45) is 1.93. The lowest BCUT2D eigenvalue weighted by Crippen LogP contribution is -2.40. The van der Waals surface area contributed by atoms with Crippen molar-refractivity contribution in [2.45, 2.75) is 32.9 Å². The Kier molecular flexibility index (Phi) is 9.07. The maximum Gasteiger partial charge on any atom is 0.221 e. The van der Waals surface area contributed by atoms with Gasteiger partial charge in [-0.2, -0.15) is 0 Å². The predicted octanol–water partition coefficient (Wildman–Crippen LogP) is 1.09. The maximum atomic E-state index is 11.5. The normalized spacial score (nSPS) is 18.3. The molecule has 1 aromatic rings. The van der Waals surface area contributed by atoms with Crippen LogP contribution in [0.25, 0.3) is 0 Å². The van der Waals surface area contributed by atoms with Gasteiger partial charge < -0.3 is 21.1 Å². The van der Waals surface area contributed by atoms with E-state index < -0.39 is 0 Å². The van der Waals surface area contributed by atoms with Gasteiger partial charge in [-0.15, -0.1) is 0 Å². The van der Waals surface area contributed by atoms with Crippen molar-refractivity contribution < 1.29 is 9.53 Å². The first-order chi connectivity index (χ1) is 13.1. The second-order valence-electron chi connectivity index (χ2n) is 6.91. The van der Waals surface area contributed by atoms with Crippen LogP contribution < -0.4 is 16.4 Å². The molecule has 1 saturated heterocycles. The quantitative estimate of drug-likeness (QED) is 0.341. The molecule has 0 saturated carbocycles. The number of guanidine groups is 1. The van der Waals surface area contributed by atoms with Crippen LogP contribution in [-0.4, -0.2) is 56.7 Å². The zero-order valence-electron chi connectivity index (χ0n) is 16.5. The van der Waals surface area contributed by atoms with Crippen LogP contribution in [0.2, 0.25) is 0 Å². The van der Waals surface area contributed by atoms with Crippen LogP contribution in [0.4, 0.5) is 0 Å². The summed E-state index contributed by atoms with van der Waals surface area (Å²) in [5.41, 5.74) is 7.89. The second-order valence-corrected chi connectivity index (χ2v) is 6.91. The molecule has 4 N–H and O–H groups in total. The molecule has 0 bridgehead atoms. The van der Waals surface area contributed by atoms with Crippen LogP contribution >= 0.6 is 0 Å². The molecule has 0 radical (unpaired) electrons. The van der Waals surface area contributed by atoms with Crippen molar-refractivity contribution in [3.05, 3.63) is 35.4 Å². The fourth-order valence-corrected chi connectivity index (χ4v) is 3.30. The molecule has 150 valence electrons. The van der Waals surface area contributed by atoms with Gasteiger partial charge in [-0.3, -0.25) is 9.69 Å². The summed E-state index contributed by atoms with van der Waals surface area (Å²) in [6.45, 7) is 7.45. The van der Waals surface area contributed by atoms with E-state index in [9.17, 15) is 4.79 Å². The molecular weight excluding hydrogens is 342 g/mol. The minimum atomic E-state index is -0.181. The number of nitrogens with two attached hydrogens (primary N) is 1. The summed E-state index contributed by atoms with van der Waals surface area (Å²) in [5, 5.41) is 6.49. The first-order valence-corrected chi connectivity index (χ1v) is 9.73. The average molecular weight is 376 g/mol. The second kappa shape index (κ2) is 11.6. The molecule has 1 aromatic carbocycles. The number of methoxy groups -OCH3 is 1. The SMILES string of the molecule is CCNC(=NCc1cccc(CN2CCCC(C(N)=O)C2)c1)NCCOC. The fourth-order valence-electron chi connectivity index (χ4n) is 3.30. The number of nitrogens with zero attached hydrogens (tertiary/aromatic N) is 2. The van der Waals surface area contributed by atoms with Crippen LogP contribution in [0.3, 0.4) is 0 Å². The van der Waals surface area contributed by atoms with Crippen molar-refractivity contribution in [2.24, 2.45) is 16.6 Å². The molecule has 7 nitrogen and oxygen atoms in total. The molecule has 1 heterocycles. The number of benzene rings is 1. The van der Waals surface area contributed by atoms with E-state index in [1.54, 1.807) is 7.11 Å². The Labute approximate surface area is 162 Å². The number of primary amides is 1. The number of rotatable bonds is 9. The molecule has 0 spiro atoms. The lowest BCUT2D eigenvalue weighted by molar-refractivity contribution is -0.123. The summed E-state index contributed by atoms with van der Waals surface area (Å²) < 4.78 is 5.06. The molecule has 1 fully saturated rings. The van der Waals surface area contributed by atoms with Gasteiger partial charge in [0.05, 0.1) is 19.1 Å². The molecule has 0 aliphatic carbocycles. The number of amides is 1. The highest BCUT2D eigenvalue weighted by atomic mass is 16.5. The smallest absolute Gasteiger partial charge is 0.221 e. The third-order valence-electron chi connectivity index (χ3n) is 4.67. The number of nitrogens with one attached hydrogen (secondary N) is 2. The van der Waals surface area contributed by atoms with Gasteiger partial charge in [-0.1, -0.05) is 24.3 Å². The van der Waals surface area contributed by atoms with Crippen LogP contribution in [0.1, 0.15) is 30.9 Å². The van der Waals surface area contributed by atoms with E-state index in [1.165, 1.54) is 11.1 Å². The van der Waals surface area contributed by atoms with Gasteiger partial charge in [0.1, 0.15) is 0 Å². The van der Waals surface area contributed by atoms with Gasteiger partial charge in [0.15, 0.2) is 5.96 Å². The molecule has 1 aliphatic heterocycles. The van der Waals surface area contributed by atoms with Crippen molar-refractivity contribution in [1.29, 1.82) is 0 Å². The van der Waals surface area contributed by atoms with Gasteiger partial charge in [0.2, 0.25) is 5.91 Å². The van der Waals surface area contributed by atoms with Crippen LogP contribution in [0.5, 0.6) is 0 Å². The van der Waals surface area contributed by atoms with E-state index in [1.807, 2.05) is 6.92 Å². The Morgan fingerprint density at radius 1 is 1.37 bits per heavy atom. The third kappa shape index (κ3) is 7.56. The van der Waals surface area contributed by atoms with E-state index in [4.69, 9.17) is 10.5 Å². The predicted molar refractivity (Wildman–Crippen MR) is 108 cm³/mol. The van der Waals surface area contributed by atoms with Crippen molar-refractivity contribution >= 4 is 11.9 Å². The Morgan fingerprint density at radius 2 is 2.19 bits per heavy atom. The topological polar surface area (TPSA) is 92.0 Å². The number of piperidine rings is 1. The number of carbonyl (C=O) groups is 1. The number of likely N-dealkylation sites (tertiary alicyclic amines) is 1. The van der Waals surface area contributed by atoms with Crippen molar-refractivity contribution in [1.82, 2.24) is 15.5 Å². The monoisotopic (exact) mass is 375 g/mol. The molecule has 2 rings (SSSR count). The molecule has 1 aliphatic rings. The summed E-state index contributed by atoms with van der Waals surface area (Å²) >= 11 is 0. The first-order valence-electron chi connectivity index (χ1n) is 9.73. The average Bonchev–Trinajstić information content (AvgIpc) is 2.67.